The monoisotopic (exact) mass is 285 g/mol. The van der Waals surface area contributed by atoms with Crippen LogP contribution in [0.5, 0.6) is 0 Å². The Kier molecular flexibility index (Phi) is 3.73. The van der Waals surface area contributed by atoms with Gasteiger partial charge in [0.1, 0.15) is 12.2 Å². The van der Waals surface area contributed by atoms with Crippen molar-refractivity contribution >= 4 is 5.97 Å². The summed E-state index contributed by atoms with van der Waals surface area (Å²) in [4.78, 5) is 11.6. The van der Waals surface area contributed by atoms with Crippen LogP contribution in [-0.4, -0.2) is 25.8 Å². The lowest BCUT2D eigenvalue weighted by molar-refractivity contribution is -0.142. The van der Waals surface area contributed by atoms with E-state index in [1.807, 2.05) is 34.9 Å². The average molecular weight is 285 g/mol. The van der Waals surface area contributed by atoms with Gasteiger partial charge in [0.05, 0.1) is 5.92 Å². The number of hydrogen-bond acceptors (Lipinski definition) is 3. The lowest BCUT2D eigenvalue weighted by atomic mass is 9.95. The fraction of sp³-hybridized carbons (Fsp3) is 0.438. The summed E-state index contributed by atoms with van der Waals surface area (Å²) in [5.74, 6) is 0.0805. The van der Waals surface area contributed by atoms with Gasteiger partial charge in [0.15, 0.2) is 0 Å². The summed E-state index contributed by atoms with van der Waals surface area (Å²) >= 11 is 0. The molecule has 3 unspecified atom stereocenters. The fourth-order valence-corrected chi connectivity index (χ4v) is 3.32. The van der Waals surface area contributed by atoms with Gasteiger partial charge in [-0.15, -0.1) is 10.2 Å². The number of aliphatic carboxylic acids is 1. The summed E-state index contributed by atoms with van der Waals surface area (Å²) in [6, 6.07) is 9.83. The predicted molar refractivity (Wildman–Crippen MR) is 78.2 cm³/mol. The lowest BCUT2D eigenvalue weighted by Crippen LogP contribution is -2.19. The zero-order valence-electron chi connectivity index (χ0n) is 12.0. The highest BCUT2D eigenvalue weighted by molar-refractivity contribution is 5.71. The summed E-state index contributed by atoms with van der Waals surface area (Å²) in [5.41, 5.74) is 0.974. The molecule has 0 aliphatic heterocycles. The number of carboxylic acids is 1. The Morgan fingerprint density at radius 1 is 1.33 bits per heavy atom. The van der Waals surface area contributed by atoms with E-state index < -0.39 is 5.97 Å². The Morgan fingerprint density at radius 3 is 2.76 bits per heavy atom. The van der Waals surface area contributed by atoms with Gasteiger partial charge in [0, 0.05) is 11.6 Å². The molecule has 21 heavy (non-hydrogen) atoms. The third-order valence-electron chi connectivity index (χ3n) is 4.49. The molecular weight excluding hydrogens is 266 g/mol. The van der Waals surface area contributed by atoms with Crippen LogP contribution < -0.4 is 0 Å². The molecule has 1 fully saturated rings. The molecule has 0 radical (unpaired) electrons. The zero-order valence-corrected chi connectivity index (χ0v) is 12.0. The van der Waals surface area contributed by atoms with E-state index in [0.29, 0.717) is 5.92 Å². The number of hydrogen-bond donors (Lipinski definition) is 1. The topological polar surface area (TPSA) is 68.0 Å². The predicted octanol–water partition coefficient (Wildman–Crippen LogP) is 2.87. The lowest BCUT2D eigenvalue weighted by Gasteiger charge is -2.16. The first kappa shape index (κ1) is 13.8. The SMILES string of the molecule is CCC1CC(C(=O)O)C(c2nncn2-c2ccccc2)C1. The molecule has 110 valence electrons. The molecule has 5 nitrogen and oxygen atoms in total. The molecule has 0 amide bonds. The van der Waals surface area contributed by atoms with Gasteiger partial charge in [0.25, 0.3) is 0 Å². The first-order valence-corrected chi connectivity index (χ1v) is 7.38. The molecule has 2 aromatic rings. The normalized spacial score (nSPS) is 25.1. The molecule has 0 saturated heterocycles. The van der Waals surface area contributed by atoms with Gasteiger partial charge in [-0.1, -0.05) is 31.5 Å². The number of carboxylic acid groups (broad SMARTS) is 1. The molecule has 0 spiro atoms. The zero-order chi connectivity index (χ0) is 14.8. The number of benzene rings is 1. The van der Waals surface area contributed by atoms with E-state index in [9.17, 15) is 9.90 Å². The minimum Gasteiger partial charge on any atom is -0.481 e. The average Bonchev–Trinajstić information content (AvgIpc) is 3.14. The minimum absolute atomic E-state index is 0.0600. The molecule has 1 aliphatic rings. The summed E-state index contributed by atoms with van der Waals surface area (Å²) < 4.78 is 1.92. The number of nitrogens with zero attached hydrogens (tertiary/aromatic N) is 3. The Labute approximate surface area is 123 Å². The first-order valence-electron chi connectivity index (χ1n) is 7.38. The van der Waals surface area contributed by atoms with E-state index in [2.05, 4.69) is 17.1 Å². The van der Waals surface area contributed by atoms with Crippen LogP contribution in [-0.2, 0) is 4.79 Å². The van der Waals surface area contributed by atoms with E-state index in [1.54, 1.807) is 6.33 Å². The van der Waals surface area contributed by atoms with E-state index in [4.69, 9.17) is 0 Å². The number of carbonyl (C=O) groups is 1. The third kappa shape index (κ3) is 2.55. The van der Waals surface area contributed by atoms with Crippen LogP contribution in [0.25, 0.3) is 5.69 Å². The summed E-state index contributed by atoms with van der Waals surface area (Å²) in [7, 11) is 0. The van der Waals surface area contributed by atoms with Crippen LogP contribution in [0.4, 0.5) is 0 Å². The highest BCUT2D eigenvalue weighted by Gasteiger charge is 2.41. The molecule has 3 atom stereocenters. The van der Waals surface area contributed by atoms with E-state index in [-0.39, 0.29) is 11.8 Å². The van der Waals surface area contributed by atoms with Gasteiger partial charge in [-0.25, -0.2) is 0 Å². The van der Waals surface area contributed by atoms with Crippen molar-refractivity contribution in [2.24, 2.45) is 11.8 Å². The Bertz CT molecular complexity index is 623. The maximum absolute atomic E-state index is 11.6. The van der Waals surface area contributed by atoms with Gasteiger partial charge < -0.3 is 5.11 Å². The van der Waals surface area contributed by atoms with E-state index >= 15 is 0 Å². The molecule has 1 heterocycles. The standard InChI is InChI=1S/C16H19N3O2/c1-2-11-8-13(14(9-11)16(20)21)15-18-17-10-19(15)12-6-4-3-5-7-12/h3-7,10-11,13-14H,2,8-9H2,1H3,(H,20,21). The molecule has 1 aromatic heterocycles. The van der Waals surface area contributed by atoms with Gasteiger partial charge in [-0.3, -0.25) is 9.36 Å². The van der Waals surface area contributed by atoms with Crippen LogP contribution in [0.15, 0.2) is 36.7 Å². The highest BCUT2D eigenvalue weighted by atomic mass is 16.4. The minimum atomic E-state index is -0.724. The number of aromatic nitrogens is 3. The second-order valence-electron chi connectivity index (χ2n) is 5.69. The van der Waals surface area contributed by atoms with Crippen LogP contribution in [0.2, 0.25) is 0 Å². The number of rotatable bonds is 4. The van der Waals surface area contributed by atoms with Gasteiger partial charge in [-0.05, 0) is 30.9 Å². The smallest absolute Gasteiger partial charge is 0.307 e. The quantitative estimate of drug-likeness (QED) is 0.938. The van der Waals surface area contributed by atoms with Gasteiger partial charge in [-0.2, -0.15) is 0 Å². The van der Waals surface area contributed by atoms with Crippen molar-refractivity contribution in [3.05, 3.63) is 42.5 Å². The van der Waals surface area contributed by atoms with Crippen LogP contribution >= 0.6 is 0 Å². The molecule has 5 heteroatoms. The largest absolute Gasteiger partial charge is 0.481 e. The first-order chi connectivity index (χ1) is 10.2. The maximum atomic E-state index is 11.6. The number of para-hydroxylation sites is 1. The summed E-state index contributed by atoms with van der Waals surface area (Å²) in [6.07, 6.45) is 4.29. The van der Waals surface area contributed by atoms with Gasteiger partial charge >= 0.3 is 5.97 Å². The van der Waals surface area contributed by atoms with Crippen molar-refractivity contribution in [2.45, 2.75) is 32.1 Å². The molecule has 0 bridgehead atoms. The van der Waals surface area contributed by atoms with Crippen molar-refractivity contribution in [3.63, 3.8) is 0 Å². The third-order valence-corrected chi connectivity index (χ3v) is 4.49. The van der Waals surface area contributed by atoms with E-state index in [0.717, 1.165) is 30.8 Å². The van der Waals surface area contributed by atoms with Crippen molar-refractivity contribution in [1.82, 2.24) is 14.8 Å². The highest BCUT2D eigenvalue weighted by Crippen LogP contribution is 2.44. The second kappa shape index (κ2) is 5.68. The van der Waals surface area contributed by atoms with Crippen LogP contribution in [0.1, 0.15) is 37.9 Å². The second-order valence-corrected chi connectivity index (χ2v) is 5.69. The van der Waals surface area contributed by atoms with Crippen molar-refractivity contribution < 1.29 is 9.90 Å². The molecule has 1 saturated carbocycles. The molecule has 1 N–H and O–H groups in total. The molecular formula is C16H19N3O2. The molecule has 3 rings (SSSR count). The van der Waals surface area contributed by atoms with Crippen molar-refractivity contribution in [2.75, 3.05) is 0 Å². The fourth-order valence-electron chi connectivity index (χ4n) is 3.32. The summed E-state index contributed by atoms with van der Waals surface area (Å²) in [6.45, 7) is 2.12. The Hall–Kier alpha value is -2.17. The Morgan fingerprint density at radius 2 is 2.10 bits per heavy atom. The van der Waals surface area contributed by atoms with Crippen molar-refractivity contribution in [1.29, 1.82) is 0 Å². The van der Waals surface area contributed by atoms with E-state index in [1.165, 1.54) is 0 Å². The molecule has 1 aliphatic carbocycles. The van der Waals surface area contributed by atoms with Crippen molar-refractivity contribution in [3.8, 4) is 5.69 Å². The Balaban J connectivity index is 1.97. The van der Waals surface area contributed by atoms with Gasteiger partial charge in [0.2, 0.25) is 0 Å². The van der Waals surface area contributed by atoms with Crippen LogP contribution in [0, 0.1) is 11.8 Å². The summed E-state index contributed by atoms with van der Waals surface area (Å²) in [5, 5.41) is 17.7. The molecule has 1 aromatic carbocycles. The van der Waals surface area contributed by atoms with Crippen LogP contribution in [0.3, 0.4) is 0 Å². The maximum Gasteiger partial charge on any atom is 0.307 e.